The molecule has 0 amide bonds. The molecule has 3 nitrogen and oxygen atoms in total. The van der Waals surface area contributed by atoms with E-state index < -0.39 is 0 Å². The second-order valence-electron chi connectivity index (χ2n) is 15.3. The zero-order valence-electron chi connectivity index (χ0n) is 32.1. The van der Waals surface area contributed by atoms with Crippen molar-refractivity contribution >= 4 is 82.4 Å². The molecule has 2 heterocycles. The number of furan rings is 1. The van der Waals surface area contributed by atoms with E-state index in [1.165, 1.54) is 54.5 Å². The normalized spacial score (nSPS) is 11.7. The van der Waals surface area contributed by atoms with E-state index >= 15 is 0 Å². The third kappa shape index (κ3) is 5.29. The van der Waals surface area contributed by atoms with Crippen molar-refractivity contribution in [3.63, 3.8) is 0 Å². The fourth-order valence-electron chi connectivity index (χ4n) is 9.28. The molecule has 12 rings (SSSR count). The Balaban J connectivity index is 1.14. The average molecular weight is 753 g/mol. The predicted molar refractivity (Wildman–Crippen MR) is 249 cm³/mol. The average Bonchev–Trinajstić information content (AvgIpc) is 3.86. The molecule has 0 saturated carbocycles. The Kier molecular flexibility index (Phi) is 7.54. The maximum Gasteiger partial charge on any atom is 0.145 e. The van der Waals surface area contributed by atoms with Gasteiger partial charge < -0.3 is 13.9 Å². The van der Waals surface area contributed by atoms with Crippen LogP contribution in [-0.4, -0.2) is 4.57 Å². The quantitative estimate of drug-likeness (QED) is 0.158. The van der Waals surface area contributed by atoms with Gasteiger partial charge in [0.15, 0.2) is 0 Å². The highest BCUT2D eigenvalue weighted by atomic mass is 16.3. The van der Waals surface area contributed by atoms with E-state index in [2.05, 4.69) is 228 Å². The second-order valence-corrected chi connectivity index (χ2v) is 15.3. The lowest BCUT2D eigenvalue weighted by atomic mass is 9.96. The number of aromatic nitrogens is 1. The van der Waals surface area contributed by atoms with Crippen LogP contribution in [0, 0.1) is 0 Å². The Labute approximate surface area is 341 Å². The van der Waals surface area contributed by atoms with Gasteiger partial charge in [-0.05, 0) is 93.5 Å². The van der Waals surface area contributed by atoms with Crippen LogP contribution in [0.5, 0.6) is 0 Å². The van der Waals surface area contributed by atoms with Gasteiger partial charge in [-0.25, -0.2) is 0 Å². The van der Waals surface area contributed by atoms with Crippen LogP contribution in [0.15, 0.2) is 223 Å². The summed E-state index contributed by atoms with van der Waals surface area (Å²) in [6.45, 7) is 0. The molecule has 0 aliphatic heterocycles. The van der Waals surface area contributed by atoms with Crippen molar-refractivity contribution < 1.29 is 4.42 Å². The van der Waals surface area contributed by atoms with Crippen molar-refractivity contribution in [3.05, 3.63) is 218 Å². The van der Waals surface area contributed by atoms with Crippen LogP contribution in [0.4, 0.5) is 17.1 Å². The number of rotatable bonds is 6. The molecule has 0 N–H and O–H groups in total. The summed E-state index contributed by atoms with van der Waals surface area (Å²) in [7, 11) is 0. The minimum Gasteiger partial charge on any atom is -0.455 e. The molecular weight excluding hydrogens is 717 g/mol. The number of benzene rings is 10. The molecule has 0 saturated heterocycles. The monoisotopic (exact) mass is 752 g/mol. The van der Waals surface area contributed by atoms with Crippen molar-refractivity contribution in [3.8, 4) is 27.9 Å². The van der Waals surface area contributed by atoms with Crippen LogP contribution in [0.1, 0.15) is 0 Å². The molecular formula is C56H36N2O. The summed E-state index contributed by atoms with van der Waals surface area (Å²) in [4.78, 5) is 2.46. The van der Waals surface area contributed by atoms with Gasteiger partial charge in [-0.3, -0.25) is 0 Å². The Morgan fingerprint density at radius 2 is 1.03 bits per heavy atom. The summed E-state index contributed by atoms with van der Waals surface area (Å²) in [5.74, 6) is 0. The van der Waals surface area contributed by atoms with Gasteiger partial charge in [-0.1, -0.05) is 158 Å². The molecule has 0 fully saturated rings. The Morgan fingerprint density at radius 3 is 1.88 bits per heavy atom. The number of anilines is 3. The van der Waals surface area contributed by atoms with E-state index in [-0.39, 0.29) is 0 Å². The smallest absolute Gasteiger partial charge is 0.145 e. The molecule has 0 spiro atoms. The summed E-state index contributed by atoms with van der Waals surface area (Å²) in [5, 5.41) is 9.43. The maximum absolute atomic E-state index is 6.91. The van der Waals surface area contributed by atoms with Crippen LogP contribution >= 0.6 is 0 Å². The minimum atomic E-state index is 0.863. The summed E-state index contributed by atoms with van der Waals surface area (Å²) in [6.07, 6.45) is 0. The van der Waals surface area contributed by atoms with Crippen molar-refractivity contribution in [2.45, 2.75) is 0 Å². The van der Waals surface area contributed by atoms with Crippen LogP contribution in [0.3, 0.4) is 0 Å². The van der Waals surface area contributed by atoms with Crippen molar-refractivity contribution in [1.82, 2.24) is 4.57 Å². The first-order chi connectivity index (χ1) is 29.3. The first kappa shape index (κ1) is 33.3. The standard InChI is InChI=1S/C56H36N2O/c1-3-14-37(15-4-1)38-26-28-40(29-27-38)44-33-35-53(55-48-21-10-12-25-54(48)59-56(44)55)58(51-24-13-22-45-43-19-8-7-16-39(43)30-32-47(45)51)42-31-34-52-49(36-42)46-20-9-11-23-50(46)57(52)41-17-5-2-6-18-41/h1-36H. The van der Waals surface area contributed by atoms with Crippen LogP contribution in [0.2, 0.25) is 0 Å². The largest absolute Gasteiger partial charge is 0.455 e. The van der Waals surface area contributed by atoms with Gasteiger partial charge in [0.25, 0.3) is 0 Å². The van der Waals surface area contributed by atoms with Gasteiger partial charge in [0.2, 0.25) is 0 Å². The Hall–Kier alpha value is -7.88. The lowest BCUT2D eigenvalue weighted by Gasteiger charge is -2.28. The first-order valence-electron chi connectivity index (χ1n) is 20.2. The number of hydrogen-bond acceptors (Lipinski definition) is 2. The van der Waals surface area contributed by atoms with E-state index in [4.69, 9.17) is 4.42 Å². The molecule has 0 radical (unpaired) electrons. The minimum absolute atomic E-state index is 0.863. The molecule has 59 heavy (non-hydrogen) atoms. The maximum atomic E-state index is 6.91. The van der Waals surface area contributed by atoms with Crippen molar-refractivity contribution in [1.29, 1.82) is 0 Å². The number of fused-ring (bicyclic) bond motifs is 9. The van der Waals surface area contributed by atoms with E-state index in [0.29, 0.717) is 0 Å². The summed E-state index contributed by atoms with van der Waals surface area (Å²) in [5.41, 5.74) is 13.0. The highest BCUT2D eigenvalue weighted by Crippen LogP contribution is 2.49. The van der Waals surface area contributed by atoms with Crippen molar-refractivity contribution in [2.75, 3.05) is 4.90 Å². The topological polar surface area (TPSA) is 21.3 Å². The van der Waals surface area contributed by atoms with Gasteiger partial charge in [0.1, 0.15) is 11.2 Å². The third-order valence-corrected chi connectivity index (χ3v) is 12.0. The van der Waals surface area contributed by atoms with Gasteiger partial charge in [0.05, 0.1) is 27.8 Å². The molecule has 12 aromatic rings. The molecule has 0 unspecified atom stereocenters. The molecule has 276 valence electrons. The summed E-state index contributed by atoms with van der Waals surface area (Å²) in [6, 6.07) is 78.7. The zero-order valence-corrected chi connectivity index (χ0v) is 32.1. The Bertz CT molecular complexity index is 3540. The SMILES string of the molecule is c1ccc(-c2ccc(-c3ccc(N(c4ccc5c(c4)c4ccccc4n5-c4ccccc4)c4cccc5c4ccc4ccccc45)c4c3oc3ccccc34)cc2)cc1. The van der Waals surface area contributed by atoms with Gasteiger partial charge in [-0.15, -0.1) is 0 Å². The van der Waals surface area contributed by atoms with Crippen LogP contribution in [-0.2, 0) is 0 Å². The zero-order chi connectivity index (χ0) is 38.9. The molecule has 10 aromatic carbocycles. The van der Waals surface area contributed by atoms with Gasteiger partial charge >= 0.3 is 0 Å². The number of nitrogens with zero attached hydrogens (tertiary/aromatic N) is 2. The Morgan fingerprint density at radius 1 is 0.373 bits per heavy atom. The second kappa shape index (κ2) is 13.4. The summed E-state index contributed by atoms with van der Waals surface area (Å²) < 4.78 is 9.29. The van der Waals surface area contributed by atoms with Crippen LogP contribution < -0.4 is 4.90 Å². The summed E-state index contributed by atoms with van der Waals surface area (Å²) >= 11 is 0. The highest BCUT2D eigenvalue weighted by Gasteiger charge is 2.25. The molecule has 3 heteroatoms. The van der Waals surface area contributed by atoms with Crippen molar-refractivity contribution in [2.24, 2.45) is 0 Å². The lowest BCUT2D eigenvalue weighted by molar-refractivity contribution is 0.670. The fraction of sp³-hybridized carbons (Fsp3) is 0. The predicted octanol–water partition coefficient (Wildman–Crippen LogP) is 15.8. The molecule has 2 aromatic heterocycles. The molecule has 0 atom stereocenters. The van der Waals surface area contributed by atoms with E-state index in [9.17, 15) is 0 Å². The van der Waals surface area contributed by atoms with E-state index in [1.807, 2.05) is 0 Å². The molecule has 0 bridgehead atoms. The lowest BCUT2D eigenvalue weighted by Crippen LogP contribution is -2.11. The first-order valence-corrected chi connectivity index (χ1v) is 20.2. The highest BCUT2D eigenvalue weighted by molar-refractivity contribution is 6.20. The third-order valence-electron chi connectivity index (χ3n) is 12.0. The van der Waals surface area contributed by atoms with E-state index in [1.54, 1.807) is 0 Å². The van der Waals surface area contributed by atoms with E-state index in [0.717, 1.165) is 55.8 Å². The van der Waals surface area contributed by atoms with Gasteiger partial charge in [0, 0.05) is 38.5 Å². The van der Waals surface area contributed by atoms with Crippen LogP contribution in [0.25, 0.3) is 93.2 Å². The number of para-hydroxylation sites is 3. The molecule has 0 aliphatic carbocycles. The molecule has 0 aliphatic rings. The number of hydrogen-bond donors (Lipinski definition) is 0. The van der Waals surface area contributed by atoms with Gasteiger partial charge in [-0.2, -0.15) is 0 Å². The fourth-order valence-corrected chi connectivity index (χ4v) is 9.28.